The summed E-state index contributed by atoms with van der Waals surface area (Å²) >= 11 is 5.90. The highest BCUT2D eigenvalue weighted by Gasteiger charge is 2.24. The van der Waals surface area contributed by atoms with E-state index >= 15 is 0 Å². The highest BCUT2D eigenvalue weighted by molar-refractivity contribution is 6.30. The fraction of sp³-hybridized carbons (Fsp3) is 0.143. The van der Waals surface area contributed by atoms with Crippen molar-refractivity contribution >= 4 is 17.6 Å². The Morgan fingerprint density at radius 2 is 2.17 bits per heavy atom. The summed E-state index contributed by atoms with van der Waals surface area (Å²) in [6.45, 7) is 7.32. The van der Waals surface area contributed by atoms with Crippen LogP contribution in [0, 0.1) is 11.3 Å². The van der Waals surface area contributed by atoms with Crippen LogP contribution in [0.2, 0.25) is 5.02 Å². The predicted molar refractivity (Wildman–Crippen MR) is 70.1 cm³/mol. The number of hydrogen-bond donors (Lipinski definition) is 0. The zero-order chi connectivity index (χ0) is 13.7. The van der Waals surface area contributed by atoms with Gasteiger partial charge in [0, 0.05) is 16.2 Å². The van der Waals surface area contributed by atoms with E-state index in [9.17, 15) is 4.79 Å². The van der Waals surface area contributed by atoms with Gasteiger partial charge in [0.25, 0.3) is 0 Å². The van der Waals surface area contributed by atoms with Gasteiger partial charge in [0.15, 0.2) is 0 Å². The summed E-state index contributed by atoms with van der Waals surface area (Å²) in [7, 11) is 1.26. The van der Waals surface area contributed by atoms with Crippen molar-refractivity contribution in [3.8, 4) is 6.07 Å². The Bertz CT molecular complexity index is 543. The second-order valence-electron chi connectivity index (χ2n) is 3.64. The van der Waals surface area contributed by atoms with E-state index in [1.807, 2.05) is 6.07 Å². The largest absolute Gasteiger partial charge is 0.466 e. The maximum atomic E-state index is 11.5. The number of ether oxygens (including phenoxy) is 1. The Kier molecular flexibility index (Phi) is 4.70. The van der Waals surface area contributed by atoms with Gasteiger partial charge in [-0.15, -0.1) is 0 Å². The molecule has 0 aromatic heterocycles. The average molecular weight is 262 g/mol. The molecule has 0 heterocycles. The lowest BCUT2D eigenvalue weighted by Gasteiger charge is -2.17. The number of rotatable bonds is 4. The zero-order valence-corrected chi connectivity index (χ0v) is 10.7. The lowest BCUT2D eigenvalue weighted by atomic mass is 9.86. The third-order valence-electron chi connectivity index (χ3n) is 2.47. The number of esters is 1. The predicted octanol–water partition coefficient (Wildman–Crippen LogP) is 3.23. The summed E-state index contributed by atoms with van der Waals surface area (Å²) in [5.74, 6) is -1.18. The fourth-order valence-electron chi connectivity index (χ4n) is 1.61. The number of allylic oxidation sites excluding steroid dienone is 1. The Hall–Kier alpha value is -2.05. The molecule has 1 atom stereocenters. The molecule has 0 saturated heterocycles. The Morgan fingerprint density at radius 3 is 2.67 bits per heavy atom. The molecule has 0 aliphatic carbocycles. The van der Waals surface area contributed by atoms with Gasteiger partial charge in [-0.2, -0.15) is 5.26 Å². The van der Waals surface area contributed by atoms with Crippen molar-refractivity contribution in [3.63, 3.8) is 0 Å². The number of nitriles is 1. The van der Waals surface area contributed by atoms with Crippen molar-refractivity contribution in [1.29, 1.82) is 5.26 Å². The Labute approximate surface area is 111 Å². The van der Waals surface area contributed by atoms with Crippen molar-refractivity contribution in [2.75, 3.05) is 7.11 Å². The van der Waals surface area contributed by atoms with Gasteiger partial charge in [0.05, 0.1) is 19.1 Å². The normalized spacial score (nSPS) is 11.2. The molecular formula is C14H12ClNO2. The van der Waals surface area contributed by atoms with Crippen molar-refractivity contribution < 1.29 is 9.53 Å². The molecule has 1 aromatic rings. The molecule has 0 bridgehead atoms. The molecule has 4 heteroatoms. The molecule has 0 saturated carbocycles. The van der Waals surface area contributed by atoms with Crippen molar-refractivity contribution in [2.24, 2.45) is 0 Å². The number of carbonyl (C=O) groups is 1. The molecule has 3 nitrogen and oxygen atoms in total. The van der Waals surface area contributed by atoms with Crippen LogP contribution < -0.4 is 0 Å². The molecule has 0 radical (unpaired) electrons. The third kappa shape index (κ3) is 2.99. The molecule has 1 aromatic carbocycles. The summed E-state index contributed by atoms with van der Waals surface area (Å²) < 4.78 is 4.62. The maximum absolute atomic E-state index is 11.5. The molecular weight excluding hydrogens is 250 g/mol. The van der Waals surface area contributed by atoms with Gasteiger partial charge in [-0.05, 0) is 17.7 Å². The standard InChI is InChI=1S/C14H12ClNO2/c1-9(8-16)13(10(2)14(17)18-3)11-5-4-6-12(15)7-11/h4-7,13H,1-2H2,3H3. The maximum Gasteiger partial charge on any atom is 0.334 e. The molecule has 0 spiro atoms. The van der Waals surface area contributed by atoms with E-state index < -0.39 is 11.9 Å². The minimum atomic E-state index is -0.610. The Balaban J connectivity index is 3.23. The SMILES string of the molecule is C=C(C#N)C(C(=C)C(=O)OC)c1cccc(Cl)c1. The second-order valence-corrected chi connectivity index (χ2v) is 4.08. The van der Waals surface area contributed by atoms with Gasteiger partial charge < -0.3 is 4.74 Å². The fourth-order valence-corrected chi connectivity index (χ4v) is 1.81. The quantitative estimate of drug-likeness (QED) is 0.475. The minimum absolute atomic E-state index is 0.159. The molecule has 0 aliphatic heterocycles. The van der Waals surface area contributed by atoms with Gasteiger partial charge >= 0.3 is 5.97 Å². The van der Waals surface area contributed by atoms with E-state index in [0.717, 1.165) is 0 Å². The number of nitrogens with zero attached hydrogens (tertiary/aromatic N) is 1. The molecule has 1 rings (SSSR count). The highest BCUT2D eigenvalue weighted by Crippen LogP contribution is 2.31. The van der Waals surface area contributed by atoms with Gasteiger partial charge in [-0.1, -0.05) is 36.9 Å². The van der Waals surface area contributed by atoms with Crippen LogP contribution in [0.5, 0.6) is 0 Å². The first-order valence-corrected chi connectivity index (χ1v) is 5.50. The number of carbonyl (C=O) groups excluding carboxylic acids is 1. The van der Waals surface area contributed by atoms with Gasteiger partial charge in [0.2, 0.25) is 0 Å². The monoisotopic (exact) mass is 261 g/mol. The highest BCUT2D eigenvalue weighted by atomic mass is 35.5. The summed E-state index contributed by atoms with van der Waals surface area (Å²) in [6, 6.07) is 8.81. The molecule has 0 N–H and O–H groups in total. The van der Waals surface area contributed by atoms with E-state index in [-0.39, 0.29) is 11.1 Å². The van der Waals surface area contributed by atoms with Crippen molar-refractivity contribution in [2.45, 2.75) is 5.92 Å². The molecule has 0 amide bonds. The molecule has 1 unspecified atom stereocenters. The first-order valence-electron chi connectivity index (χ1n) is 5.12. The Morgan fingerprint density at radius 1 is 1.50 bits per heavy atom. The summed E-state index contributed by atoms with van der Waals surface area (Å²) in [5, 5.41) is 9.48. The summed E-state index contributed by atoms with van der Waals surface area (Å²) in [6.07, 6.45) is 0. The lowest BCUT2D eigenvalue weighted by molar-refractivity contribution is -0.136. The zero-order valence-electron chi connectivity index (χ0n) is 9.94. The van der Waals surface area contributed by atoms with Crippen LogP contribution in [-0.4, -0.2) is 13.1 Å². The van der Waals surface area contributed by atoms with Crippen LogP contribution in [0.3, 0.4) is 0 Å². The second kappa shape index (κ2) is 6.04. The molecule has 18 heavy (non-hydrogen) atoms. The van der Waals surface area contributed by atoms with Crippen molar-refractivity contribution in [1.82, 2.24) is 0 Å². The van der Waals surface area contributed by atoms with Crippen molar-refractivity contribution in [3.05, 3.63) is 59.2 Å². The smallest absolute Gasteiger partial charge is 0.334 e. The molecule has 0 fully saturated rings. The van der Waals surface area contributed by atoms with E-state index in [2.05, 4.69) is 17.9 Å². The first-order chi connectivity index (χ1) is 8.51. The van der Waals surface area contributed by atoms with Crippen LogP contribution in [0.4, 0.5) is 0 Å². The summed E-state index contributed by atoms with van der Waals surface area (Å²) in [5.41, 5.74) is 1.06. The van der Waals surface area contributed by atoms with Crippen LogP contribution in [-0.2, 0) is 9.53 Å². The molecule has 0 aliphatic rings. The van der Waals surface area contributed by atoms with Crippen LogP contribution in [0.1, 0.15) is 11.5 Å². The van der Waals surface area contributed by atoms with Crippen LogP contribution >= 0.6 is 11.6 Å². The van der Waals surface area contributed by atoms with Gasteiger partial charge in [0.1, 0.15) is 0 Å². The lowest BCUT2D eigenvalue weighted by Crippen LogP contribution is -2.13. The number of methoxy groups -OCH3 is 1. The topological polar surface area (TPSA) is 50.1 Å². The van der Waals surface area contributed by atoms with Crippen LogP contribution in [0.15, 0.2) is 48.6 Å². The third-order valence-corrected chi connectivity index (χ3v) is 2.71. The average Bonchev–Trinajstić information content (AvgIpc) is 2.37. The van der Waals surface area contributed by atoms with E-state index in [0.29, 0.717) is 10.6 Å². The van der Waals surface area contributed by atoms with E-state index in [4.69, 9.17) is 16.9 Å². The van der Waals surface area contributed by atoms with Gasteiger partial charge in [-0.25, -0.2) is 4.79 Å². The number of halogens is 1. The van der Waals surface area contributed by atoms with Crippen LogP contribution in [0.25, 0.3) is 0 Å². The van der Waals surface area contributed by atoms with E-state index in [1.165, 1.54) is 7.11 Å². The van der Waals surface area contributed by atoms with E-state index in [1.54, 1.807) is 24.3 Å². The first kappa shape index (κ1) is 14.0. The number of benzene rings is 1. The van der Waals surface area contributed by atoms with Gasteiger partial charge in [-0.3, -0.25) is 0 Å². The minimum Gasteiger partial charge on any atom is -0.466 e. The molecule has 92 valence electrons. The number of hydrogen-bond acceptors (Lipinski definition) is 3. The summed E-state index contributed by atoms with van der Waals surface area (Å²) in [4.78, 5) is 11.5.